The minimum absolute atomic E-state index is 0. The first kappa shape index (κ1) is 19.4. The second-order valence-electron chi connectivity index (χ2n) is 7.37. The predicted molar refractivity (Wildman–Crippen MR) is 102 cm³/mol. The van der Waals surface area contributed by atoms with Gasteiger partial charge < -0.3 is 10.2 Å². The summed E-state index contributed by atoms with van der Waals surface area (Å²) in [5.41, 5.74) is 2.24. The highest BCUT2D eigenvalue weighted by Gasteiger charge is 2.23. The Labute approximate surface area is 152 Å². The molecule has 0 aromatic carbocycles. The van der Waals surface area contributed by atoms with E-state index < -0.39 is 0 Å². The van der Waals surface area contributed by atoms with Gasteiger partial charge in [-0.2, -0.15) is 0 Å². The van der Waals surface area contributed by atoms with Gasteiger partial charge in [-0.1, -0.05) is 13.8 Å². The molecule has 1 aromatic heterocycles. The van der Waals surface area contributed by atoms with Crippen molar-refractivity contribution in [1.82, 2.24) is 20.2 Å². The molecule has 24 heavy (non-hydrogen) atoms. The summed E-state index contributed by atoms with van der Waals surface area (Å²) in [5, 5.41) is 3.46. The quantitative estimate of drug-likeness (QED) is 0.900. The standard InChI is InChI=1S/C18H31N5.ClH/c1-14(2)17-12-15(3)20-18(21-17)23-10-8-22(9-11-23)13-16-4-6-19-7-5-16;/h12,14,16,19H,4-11,13H2,1-3H3;1H. The number of nitrogens with one attached hydrogen (secondary N) is 1. The molecule has 0 bridgehead atoms. The maximum atomic E-state index is 4.79. The fourth-order valence-electron chi connectivity index (χ4n) is 3.57. The highest BCUT2D eigenvalue weighted by Crippen LogP contribution is 2.19. The van der Waals surface area contributed by atoms with Crippen molar-refractivity contribution in [2.75, 3.05) is 50.7 Å². The molecule has 0 aliphatic carbocycles. The third kappa shape index (κ3) is 5.04. The average molecular weight is 354 g/mol. The van der Waals surface area contributed by atoms with Crippen molar-refractivity contribution >= 4 is 18.4 Å². The molecule has 6 heteroatoms. The van der Waals surface area contributed by atoms with E-state index in [0.717, 1.165) is 49.4 Å². The molecular formula is C18H32ClN5. The van der Waals surface area contributed by atoms with Crippen LogP contribution in [-0.4, -0.2) is 60.7 Å². The number of anilines is 1. The molecule has 0 amide bonds. The molecule has 0 spiro atoms. The number of piperidine rings is 1. The molecule has 136 valence electrons. The van der Waals surface area contributed by atoms with Crippen LogP contribution in [-0.2, 0) is 0 Å². The molecule has 1 aromatic rings. The van der Waals surface area contributed by atoms with Gasteiger partial charge in [0, 0.05) is 44.1 Å². The van der Waals surface area contributed by atoms with Crippen molar-refractivity contribution in [3.05, 3.63) is 17.5 Å². The first-order chi connectivity index (χ1) is 11.1. The summed E-state index contributed by atoms with van der Waals surface area (Å²) >= 11 is 0. The van der Waals surface area contributed by atoms with Crippen molar-refractivity contribution in [2.24, 2.45) is 5.92 Å². The van der Waals surface area contributed by atoms with E-state index >= 15 is 0 Å². The lowest BCUT2D eigenvalue weighted by atomic mass is 9.97. The van der Waals surface area contributed by atoms with Gasteiger partial charge in [0.15, 0.2) is 0 Å². The maximum Gasteiger partial charge on any atom is 0.225 e. The molecule has 2 saturated heterocycles. The Kier molecular flexibility index (Phi) is 7.26. The van der Waals surface area contributed by atoms with E-state index in [1.165, 1.54) is 32.5 Å². The summed E-state index contributed by atoms with van der Waals surface area (Å²) in [6.45, 7) is 14.5. The lowest BCUT2D eigenvalue weighted by Gasteiger charge is -2.37. The van der Waals surface area contributed by atoms with Crippen LogP contribution < -0.4 is 10.2 Å². The summed E-state index contributed by atoms with van der Waals surface area (Å²) in [6, 6.07) is 2.11. The van der Waals surface area contributed by atoms with Crippen LogP contribution in [0.4, 0.5) is 5.95 Å². The lowest BCUT2D eigenvalue weighted by Crippen LogP contribution is -2.49. The van der Waals surface area contributed by atoms with Crippen molar-refractivity contribution in [3.63, 3.8) is 0 Å². The Hall–Kier alpha value is -0.910. The fraction of sp³-hybridized carbons (Fsp3) is 0.778. The molecule has 2 fully saturated rings. The molecule has 3 rings (SSSR count). The number of piperazine rings is 1. The number of nitrogens with zero attached hydrogens (tertiary/aromatic N) is 4. The molecule has 0 atom stereocenters. The second-order valence-corrected chi connectivity index (χ2v) is 7.37. The van der Waals surface area contributed by atoms with Gasteiger partial charge in [0.05, 0.1) is 0 Å². The largest absolute Gasteiger partial charge is 0.338 e. The SMILES string of the molecule is Cc1cc(C(C)C)nc(N2CCN(CC3CCNCC3)CC2)n1.Cl. The molecule has 1 N–H and O–H groups in total. The zero-order valence-electron chi connectivity index (χ0n) is 15.3. The summed E-state index contributed by atoms with van der Waals surface area (Å²) < 4.78 is 0. The predicted octanol–water partition coefficient (Wildman–Crippen LogP) is 2.45. The van der Waals surface area contributed by atoms with Gasteiger partial charge in [0.2, 0.25) is 5.95 Å². The van der Waals surface area contributed by atoms with Crippen molar-refractivity contribution < 1.29 is 0 Å². The first-order valence-corrected chi connectivity index (χ1v) is 9.15. The van der Waals surface area contributed by atoms with E-state index in [-0.39, 0.29) is 12.4 Å². The Morgan fingerprint density at radius 3 is 2.42 bits per heavy atom. The molecular weight excluding hydrogens is 322 g/mol. The highest BCUT2D eigenvalue weighted by molar-refractivity contribution is 5.85. The number of hydrogen-bond donors (Lipinski definition) is 1. The van der Waals surface area contributed by atoms with Crippen LogP contribution in [0, 0.1) is 12.8 Å². The van der Waals surface area contributed by atoms with Crippen LogP contribution in [0.3, 0.4) is 0 Å². The first-order valence-electron chi connectivity index (χ1n) is 9.15. The van der Waals surface area contributed by atoms with Gasteiger partial charge >= 0.3 is 0 Å². The molecule has 3 heterocycles. The summed E-state index contributed by atoms with van der Waals surface area (Å²) in [7, 11) is 0. The molecule has 2 aliphatic heterocycles. The lowest BCUT2D eigenvalue weighted by molar-refractivity contribution is 0.196. The van der Waals surface area contributed by atoms with Crippen LogP contribution in [0.15, 0.2) is 6.07 Å². The van der Waals surface area contributed by atoms with E-state index in [2.05, 4.69) is 46.9 Å². The Balaban J connectivity index is 0.00000208. The smallest absolute Gasteiger partial charge is 0.225 e. The number of aromatic nitrogens is 2. The molecule has 0 radical (unpaired) electrons. The van der Waals surface area contributed by atoms with Crippen LogP contribution in [0.1, 0.15) is 44.0 Å². The Bertz CT molecular complexity index is 508. The molecule has 2 aliphatic rings. The topological polar surface area (TPSA) is 44.3 Å². The van der Waals surface area contributed by atoms with Gasteiger partial charge in [-0.3, -0.25) is 4.90 Å². The number of halogens is 1. The van der Waals surface area contributed by atoms with E-state index in [9.17, 15) is 0 Å². The maximum absolute atomic E-state index is 4.79. The summed E-state index contributed by atoms with van der Waals surface area (Å²) in [4.78, 5) is 14.4. The molecule has 0 unspecified atom stereocenters. The summed E-state index contributed by atoms with van der Waals surface area (Å²) in [5.74, 6) is 2.26. The van der Waals surface area contributed by atoms with Crippen molar-refractivity contribution in [3.8, 4) is 0 Å². The van der Waals surface area contributed by atoms with Gasteiger partial charge in [-0.05, 0) is 50.8 Å². The van der Waals surface area contributed by atoms with Crippen LogP contribution >= 0.6 is 12.4 Å². The van der Waals surface area contributed by atoms with Gasteiger partial charge in [-0.15, -0.1) is 12.4 Å². The minimum Gasteiger partial charge on any atom is -0.338 e. The van der Waals surface area contributed by atoms with Crippen molar-refractivity contribution in [1.29, 1.82) is 0 Å². The van der Waals surface area contributed by atoms with E-state index in [1.807, 2.05) is 0 Å². The highest BCUT2D eigenvalue weighted by atomic mass is 35.5. The van der Waals surface area contributed by atoms with Gasteiger partial charge in [0.1, 0.15) is 0 Å². The van der Waals surface area contributed by atoms with Gasteiger partial charge in [0.25, 0.3) is 0 Å². The minimum atomic E-state index is 0. The summed E-state index contributed by atoms with van der Waals surface area (Å²) in [6.07, 6.45) is 2.66. The van der Waals surface area contributed by atoms with Crippen molar-refractivity contribution in [2.45, 2.75) is 39.5 Å². The average Bonchev–Trinajstić information content (AvgIpc) is 2.56. The monoisotopic (exact) mass is 353 g/mol. The molecule has 0 saturated carbocycles. The number of hydrogen-bond acceptors (Lipinski definition) is 5. The zero-order valence-corrected chi connectivity index (χ0v) is 16.1. The second kappa shape index (κ2) is 8.97. The Morgan fingerprint density at radius 2 is 1.79 bits per heavy atom. The van der Waals surface area contributed by atoms with Crippen LogP contribution in [0.5, 0.6) is 0 Å². The van der Waals surface area contributed by atoms with E-state index in [0.29, 0.717) is 5.92 Å². The number of aryl methyl sites for hydroxylation is 1. The third-order valence-electron chi connectivity index (χ3n) is 5.08. The Morgan fingerprint density at radius 1 is 1.12 bits per heavy atom. The fourth-order valence-corrected chi connectivity index (χ4v) is 3.57. The van der Waals surface area contributed by atoms with E-state index in [4.69, 9.17) is 4.98 Å². The van der Waals surface area contributed by atoms with Gasteiger partial charge in [-0.25, -0.2) is 9.97 Å². The normalized spacial score (nSPS) is 20.2. The zero-order chi connectivity index (χ0) is 16.2. The van der Waals surface area contributed by atoms with E-state index in [1.54, 1.807) is 0 Å². The third-order valence-corrected chi connectivity index (χ3v) is 5.08. The van der Waals surface area contributed by atoms with Crippen LogP contribution in [0.25, 0.3) is 0 Å². The molecule has 5 nitrogen and oxygen atoms in total. The van der Waals surface area contributed by atoms with Crippen LogP contribution in [0.2, 0.25) is 0 Å². The number of rotatable bonds is 4.